The molecule has 0 saturated carbocycles. The van der Waals surface area contributed by atoms with Crippen LogP contribution < -0.4 is 0 Å². The predicted octanol–water partition coefficient (Wildman–Crippen LogP) is 4.62. The van der Waals surface area contributed by atoms with Crippen LogP contribution in [0.1, 0.15) is 25.3 Å². The summed E-state index contributed by atoms with van der Waals surface area (Å²) in [5, 5.41) is 0. The number of hydrogen-bond acceptors (Lipinski definition) is 2. The maximum Gasteiger partial charge on any atom is 0.227 e. The zero-order valence-corrected chi connectivity index (χ0v) is 10.6. The molecule has 1 aromatic heterocycles. The molecule has 0 atom stereocenters. The Morgan fingerprint density at radius 3 is 2.50 bits per heavy atom. The van der Waals surface area contributed by atoms with E-state index in [1.807, 2.05) is 36.4 Å². The van der Waals surface area contributed by atoms with Gasteiger partial charge in [-0.05, 0) is 35.7 Å². The number of oxazole rings is 1. The molecule has 0 N–H and O–H groups in total. The van der Waals surface area contributed by atoms with Gasteiger partial charge in [-0.25, -0.2) is 4.98 Å². The Hall–Kier alpha value is -2.09. The van der Waals surface area contributed by atoms with Crippen molar-refractivity contribution in [3.63, 3.8) is 0 Å². The molecule has 3 aromatic rings. The van der Waals surface area contributed by atoms with Crippen LogP contribution in [0.4, 0.5) is 0 Å². The zero-order chi connectivity index (χ0) is 12.5. The molecule has 0 bridgehead atoms. The fourth-order valence-corrected chi connectivity index (χ4v) is 2.01. The third kappa shape index (κ3) is 1.90. The van der Waals surface area contributed by atoms with Crippen LogP contribution in [0, 0.1) is 0 Å². The molecular weight excluding hydrogens is 222 g/mol. The maximum absolute atomic E-state index is 5.78. The Bertz CT molecular complexity index is 668. The van der Waals surface area contributed by atoms with Gasteiger partial charge in [-0.3, -0.25) is 0 Å². The molecule has 2 nitrogen and oxygen atoms in total. The van der Waals surface area contributed by atoms with E-state index in [0.717, 1.165) is 16.7 Å². The summed E-state index contributed by atoms with van der Waals surface area (Å²) in [4.78, 5) is 4.56. The van der Waals surface area contributed by atoms with E-state index >= 15 is 0 Å². The summed E-state index contributed by atoms with van der Waals surface area (Å²) in [5.41, 5.74) is 4.08. The van der Waals surface area contributed by atoms with Crippen molar-refractivity contribution < 1.29 is 4.42 Å². The SMILES string of the molecule is CC(C)c1ccc2oc(-c3ccccc3)nc2c1. The second-order valence-corrected chi connectivity index (χ2v) is 4.77. The van der Waals surface area contributed by atoms with Crippen molar-refractivity contribution in [2.24, 2.45) is 0 Å². The molecule has 18 heavy (non-hydrogen) atoms. The van der Waals surface area contributed by atoms with Gasteiger partial charge in [-0.2, -0.15) is 0 Å². The number of aromatic nitrogens is 1. The predicted molar refractivity (Wildman–Crippen MR) is 73.5 cm³/mol. The third-order valence-corrected chi connectivity index (χ3v) is 3.10. The lowest BCUT2D eigenvalue weighted by atomic mass is 10.0. The number of fused-ring (bicyclic) bond motifs is 1. The topological polar surface area (TPSA) is 26.0 Å². The lowest BCUT2D eigenvalue weighted by Crippen LogP contribution is -1.85. The van der Waals surface area contributed by atoms with E-state index in [-0.39, 0.29) is 0 Å². The quantitative estimate of drug-likeness (QED) is 0.650. The molecule has 90 valence electrons. The first-order valence-corrected chi connectivity index (χ1v) is 6.20. The van der Waals surface area contributed by atoms with E-state index in [2.05, 4.69) is 31.0 Å². The fraction of sp³-hybridized carbons (Fsp3) is 0.188. The number of benzene rings is 2. The van der Waals surface area contributed by atoms with Crippen molar-refractivity contribution in [3.8, 4) is 11.5 Å². The molecule has 2 heteroatoms. The van der Waals surface area contributed by atoms with Gasteiger partial charge in [0.15, 0.2) is 5.58 Å². The summed E-state index contributed by atoms with van der Waals surface area (Å²) >= 11 is 0. The van der Waals surface area contributed by atoms with Gasteiger partial charge in [0, 0.05) is 5.56 Å². The zero-order valence-electron chi connectivity index (χ0n) is 10.6. The first-order valence-electron chi connectivity index (χ1n) is 6.20. The largest absolute Gasteiger partial charge is 0.436 e. The molecule has 0 aliphatic rings. The highest BCUT2D eigenvalue weighted by atomic mass is 16.3. The van der Waals surface area contributed by atoms with Crippen LogP contribution >= 0.6 is 0 Å². The molecule has 0 aliphatic carbocycles. The van der Waals surface area contributed by atoms with Crippen LogP contribution in [0.15, 0.2) is 52.9 Å². The number of nitrogens with zero attached hydrogens (tertiary/aromatic N) is 1. The highest BCUT2D eigenvalue weighted by molar-refractivity contribution is 5.77. The number of hydrogen-bond donors (Lipinski definition) is 0. The van der Waals surface area contributed by atoms with Gasteiger partial charge in [0.05, 0.1) is 0 Å². The van der Waals surface area contributed by atoms with Crippen molar-refractivity contribution >= 4 is 11.1 Å². The van der Waals surface area contributed by atoms with E-state index in [0.29, 0.717) is 11.8 Å². The Morgan fingerprint density at radius 2 is 1.78 bits per heavy atom. The van der Waals surface area contributed by atoms with E-state index in [1.54, 1.807) is 0 Å². The Labute approximate surface area is 106 Å². The normalized spacial score (nSPS) is 11.3. The first kappa shape index (κ1) is 11.0. The van der Waals surface area contributed by atoms with Crippen LogP contribution in [0.3, 0.4) is 0 Å². The van der Waals surface area contributed by atoms with Crippen molar-refractivity contribution in [1.82, 2.24) is 4.98 Å². The average Bonchev–Trinajstić information content (AvgIpc) is 2.82. The van der Waals surface area contributed by atoms with E-state index < -0.39 is 0 Å². The van der Waals surface area contributed by atoms with Gasteiger partial charge in [-0.15, -0.1) is 0 Å². The molecule has 0 spiro atoms. The fourth-order valence-electron chi connectivity index (χ4n) is 2.01. The van der Waals surface area contributed by atoms with Crippen molar-refractivity contribution in [1.29, 1.82) is 0 Å². The maximum atomic E-state index is 5.78. The first-order chi connectivity index (χ1) is 8.74. The summed E-state index contributed by atoms with van der Waals surface area (Å²) in [7, 11) is 0. The van der Waals surface area contributed by atoms with Crippen LogP contribution in [0.5, 0.6) is 0 Å². The minimum absolute atomic E-state index is 0.506. The monoisotopic (exact) mass is 237 g/mol. The van der Waals surface area contributed by atoms with E-state index in [4.69, 9.17) is 4.42 Å². The Kier molecular flexibility index (Phi) is 2.63. The summed E-state index contributed by atoms with van der Waals surface area (Å²) in [6.07, 6.45) is 0. The van der Waals surface area contributed by atoms with Crippen molar-refractivity contribution in [3.05, 3.63) is 54.1 Å². The molecule has 0 saturated heterocycles. The molecule has 0 radical (unpaired) electrons. The molecule has 0 fully saturated rings. The lowest BCUT2D eigenvalue weighted by Gasteiger charge is -2.02. The highest BCUT2D eigenvalue weighted by Crippen LogP contribution is 2.26. The van der Waals surface area contributed by atoms with E-state index in [9.17, 15) is 0 Å². The standard InChI is InChI=1S/C16H15NO/c1-11(2)13-8-9-15-14(10-13)17-16(18-15)12-6-4-3-5-7-12/h3-11H,1-2H3. The van der Waals surface area contributed by atoms with Gasteiger partial charge in [0.1, 0.15) is 5.52 Å². The smallest absolute Gasteiger partial charge is 0.227 e. The van der Waals surface area contributed by atoms with Crippen LogP contribution in [-0.2, 0) is 0 Å². The third-order valence-electron chi connectivity index (χ3n) is 3.10. The number of rotatable bonds is 2. The highest BCUT2D eigenvalue weighted by Gasteiger charge is 2.09. The summed E-state index contributed by atoms with van der Waals surface area (Å²) in [6.45, 7) is 4.36. The van der Waals surface area contributed by atoms with Gasteiger partial charge in [0.25, 0.3) is 0 Å². The van der Waals surface area contributed by atoms with Gasteiger partial charge >= 0.3 is 0 Å². The molecular formula is C16H15NO. The van der Waals surface area contributed by atoms with Gasteiger partial charge in [-0.1, -0.05) is 38.1 Å². The Balaban J connectivity index is 2.11. The summed E-state index contributed by atoms with van der Waals surface area (Å²) in [6, 6.07) is 16.2. The minimum atomic E-state index is 0.506. The molecule has 0 aliphatic heterocycles. The Morgan fingerprint density at radius 1 is 1.00 bits per heavy atom. The van der Waals surface area contributed by atoms with Gasteiger partial charge in [0.2, 0.25) is 5.89 Å². The van der Waals surface area contributed by atoms with Crippen LogP contribution in [0.2, 0.25) is 0 Å². The van der Waals surface area contributed by atoms with Crippen LogP contribution in [-0.4, -0.2) is 4.98 Å². The minimum Gasteiger partial charge on any atom is -0.436 e. The molecule has 3 rings (SSSR count). The van der Waals surface area contributed by atoms with Crippen molar-refractivity contribution in [2.45, 2.75) is 19.8 Å². The summed E-state index contributed by atoms with van der Waals surface area (Å²) in [5.74, 6) is 1.19. The molecule has 1 heterocycles. The second kappa shape index (κ2) is 4.30. The molecule has 2 aromatic carbocycles. The summed E-state index contributed by atoms with van der Waals surface area (Å²) < 4.78 is 5.78. The lowest BCUT2D eigenvalue weighted by molar-refractivity contribution is 0.619. The van der Waals surface area contributed by atoms with E-state index in [1.165, 1.54) is 5.56 Å². The molecule has 0 amide bonds. The van der Waals surface area contributed by atoms with Crippen LogP contribution in [0.25, 0.3) is 22.6 Å². The van der Waals surface area contributed by atoms with Gasteiger partial charge < -0.3 is 4.42 Å². The van der Waals surface area contributed by atoms with Crippen molar-refractivity contribution in [2.75, 3.05) is 0 Å². The second-order valence-electron chi connectivity index (χ2n) is 4.77. The average molecular weight is 237 g/mol. The molecule has 0 unspecified atom stereocenters.